The number of rotatable bonds is 7. The van der Waals surface area contributed by atoms with Gasteiger partial charge >= 0.3 is 0 Å². The Balaban J connectivity index is 1.22. The summed E-state index contributed by atoms with van der Waals surface area (Å²) < 4.78 is 11.8. The molecule has 0 bridgehead atoms. The first-order valence-corrected chi connectivity index (χ1v) is 12.0. The van der Waals surface area contributed by atoms with Gasteiger partial charge in [0, 0.05) is 35.3 Å². The molecule has 1 aliphatic rings. The summed E-state index contributed by atoms with van der Waals surface area (Å²) in [6.45, 7) is 3.82. The second-order valence-electron chi connectivity index (χ2n) is 8.44. The van der Waals surface area contributed by atoms with Gasteiger partial charge in [-0.15, -0.1) is 0 Å². The third-order valence-corrected chi connectivity index (χ3v) is 6.22. The second kappa shape index (κ2) is 10.3. The number of hydrogen-bond donors (Lipinski definition) is 1. The van der Waals surface area contributed by atoms with Crippen LogP contribution in [0.4, 0.5) is 0 Å². The van der Waals surface area contributed by atoms with E-state index in [0.29, 0.717) is 40.1 Å². The van der Waals surface area contributed by atoms with Gasteiger partial charge in [-0.3, -0.25) is 4.79 Å². The van der Waals surface area contributed by atoms with Crippen molar-refractivity contribution in [3.63, 3.8) is 0 Å². The van der Waals surface area contributed by atoms with Crippen LogP contribution in [-0.4, -0.2) is 42.0 Å². The van der Waals surface area contributed by atoms with Gasteiger partial charge in [-0.2, -0.15) is 0 Å². The minimum Gasteiger partial charge on any atom is -0.457 e. The summed E-state index contributed by atoms with van der Waals surface area (Å²) in [6.07, 6.45) is 3.82. The summed E-state index contributed by atoms with van der Waals surface area (Å²) in [6, 6.07) is 20.0. The number of carbonyl (C=O) groups is 1. The SMILES string of the molecule is O=C(NCCN1CCCCC1)c1ccc(-c2nc3ccc(Oc4ccc(Cl)cc4)cc3o2)cc1. The molecule has 174 valence electrons. The monoisotopic (exact) mass is 475 g/mol. The van der Waals surface area contributed by atoms with E-state index in [9.17, 15) is 4.79 Å². The van der Waals surface area contributed by atoms with Crippen LogP contribution in [0, 0.1) is 0 Å². The van der Waals surface area contributed by atoms with Crippen LogP contribution in [0.3, 0.4) is 0 Å². The molecule has 1 amide bonds. The zero-order chi connectivity index (χ0) is 23.3. The summed E-state index contributed by atoms with van der Waals surface area (Å²) in [7, 11) is 0. The average molecular weight is 476 g/mol. The van der Waals surface area contributed by atoms with Crippen molar-refractivity contribution in [2.45, 2.75) is 19.3 Å². The minimum absolute atomic E-state index is 0.0647. The zero-order valence-electron chi connectivity index (χ0n) is 18.8. The van der Waals surface area contributed by atoms with Crippen LogP contribution in [0.1, 0.15) is 29.6 Å². The van der Waals surface area contributed by atoms with Gasteiger partial charge in [-0.25, -0.2) is 4.98 Å². The Labute approximate surface area is 203 Å². The standard InChI is InChI=1S/C27H26ClN3O3/c28-21-8-10-22(11-9-21)33-23-12-13-24-25(18-23)34-27(30-24)20-6-4-19(5-7-20)26(32)29-14-17-31-15-2-1-3-16-31/h4-13,18H,1-3,14-17H2,(H,29,32). The first-order chi connectivity index (χ1) is 16.6. The van der Waals surface area contributed by atoms with Crippen LogP contribution in [0.2, 0.25) is 5.02 Å². The first-order valence-electron chi connectivity index (χ1n) is 11.6. The topological polar surface area (TPSA) is 67.6 Å². The highest BCUT2D eigenvalue weighted by molar-refractivity contribution is 6.30. The van der Waals surface area contributed by atoms with Crippen LogP contribution in [0.25, 0.3) is 22.6 Å². The zero-order valence-corrected chi connectivity index (χ0v) is 19.6. The largest absolute Gasteiger partial charge is 0.457 e. The molecule has 2 heterocycles. The maximum absolute atomic E-state index is 12.5. The highest BCUT2D eigenvalue weighted by Gasteiger charge is 2.13. The normalized spacial score (nSPS) is 14.3. The van der Waals surface area contributed by atoms with Crippen molar-refractivity contribution in [2.75, 3.05) is 26.2 Å². The van der Waals surface area contributed by atoms with Crippen LogP contribution in [0.15, 0.2) is 71.1 Å². The molecule has 0 atom stereocenters. The molecule has 1 N–H and O–H groups in total. The van der Waals surface area contributed by atoms with Crippen molar-refractivity contribution < 1.29 is 13.9 Å². The number of amides is 1. The van der Waals surface area contributed by atoms with Gasteiger partial charge in [0.1, 0.15) is 17.0 Å². The Morgan fingerprint density at radius 1 is 0.971 bits per heavy atom. The molecule has 0 saturated carbocycles. The number of nitrogens with zero attached hydrogens (tertiary/aromatic N) is 2. The Hall–Kier alpha value is -3.35. The molecule has 4 aromatic rings. The molecule has 5 rings (SSSR count). The van der Waals surface area contributed by atoms with Crippen molar-refractivity contribution in [1.29, 1.82) is 0 Å². The number of hydrogen-bond acceptors (Lipinski definition) is 5. The number of aromatic nitrogens is 1. The smallest absolute Gasteiger partial charge is 0.251 e. The lowest BCUT2D eigenvalue weighted by Gasteiger charge is -2.26. The summed E-state index contributed by atoms with van der Waals surface area (Å²) in [5.41, 5.74) is 2.79. The third-order valence-electron chi connectivity index (χ3n) is 5.97. The molecule has 1 aromatic heterocycles. The minimum atomic E-state index is -0.0647. The number of likely N-dealkylation sites (tertiary alicyclic amines) is 1. The molecule has 0 spiro atoms. The number of halogens is 1. The fourth-order valence-corrected chi connectivity index (χ4v) is 4.23. The van der Waals surface area contributed by atoms with Crippen LogP contribution >= 0.6 is 11.6 Å². The maximum Gasteiger partial charge on any atom is 0.251 e. The summed E-state index contributed by atoms with van der Waals surface area (Å²) in [4.78, 5) is 19.5. The Morgan fingerprint density at radius 3 is 2.47 bits per heavy atom. The van der Waals surface area contributed by atoms with Gasteiger partial charge in [-0.1, -0.05) is 18.0 Å². The first kappa shape index (κ1) is 22.4. The Morgan fingerprint density at radius 2 is 1.71 bits per heavy atom. The Bertz CT molecular complexity index is 1260. The lowest BCUT2D eigenvalue weighted by atomic mass is 10.1. The van der Waals surface area contributed by atoms with Gasteiger partial charge < -0.3 is 19.4 Å². The molecule has 0 aliphatic carbocycles. The molecule has 0 unspecified atom stereocenters. The van der Waals surface area contributed by atoms with Crippen LogP contribution in [-0.2, 0) is 0 Å². The fourth-order valence-electron chi connectivity index (χ4n) is 4.11. The molecule has 3 aromatic carbocycles. The fraction of sp³-hybridized carbons (Fsp3) is 0.259. The molecule has 34 heavy (non-hydrogen) atoms. The van der Waals surface area contributed by atoms with Gasteiger partial charge in [0.25, 0.3) is 5.91 Å². The van der Waals surface area contributed by atoms with E-state index in [-0.39, 0.29) is 5.91 Å². The Kier molecular flexibility index (Phi) is 6.79. The molecular weight excluding hydrogens is 450 g/mol. The number of nitrogens with one attached hydrogen (secondary N) is 1. The maximum atomic E-state index is 12.5. The molecule has 0 radical (unpaired) electrons. The van der Waals surface area contributed by atoms with Crippen molar-refractivity contribution in [3.05, 3.63) is 77.3 Å². The number of benzene rings is 3. The van der Waals surface area contributed by atoms with Crippen molar-refractivity contribution in [2.24, 2.45) is 0 Å². The van der Waals surface area contributed by atoms with Crippen LogP contribution in [0.5, 0.6) is 11.5 Å². The second-order valence-corrected chi connectivity index (χ2v) is 8.88. The van der Waals surface area contributed by atoms with Gasteiger partial charge in [0.15, 0.2) is 5.58 Å². The highest BCUT2D eigenvalue weighted by Crippen LogP contribution is 2.30. The summed E-state index contributed by atoms with van der Waals surface area (Å²) in [5.74, 6) is 1.77. The average Bonchev–Trinajstić information content (AvgIpc) is 3.30. The quantitative estimate of drug-likeness (QED) is 0.347. The predicted molar refractivity (Wildman–Crippen MR) is 134 cm³/mol. The van der Waals surface area contributed by atoms with E-state index >= 15 is 0 Å². The van der Waals surface area contributed by atoms with Gasteiger partial charge in [-0.05, 0) is 86.6 Å². The number of oxazole rings is 1. The van der Waals surface area contributed by atoms with E-state index < -0.39 is 0 Å². The lowest BCUT2D eigenvalue weighted by molar-refractivity contribution is 0.0946. The highest BCUT2D eigenvalue weighted by atomic mass is 35.5. The van der Waals surface area contributed by atoms with Gasteiger partial charge in [0.05, 0.1) is 0 Å². The van der Waals surface area contributed by atoms with Crippen LogP contribution < -0.4 is 10.1 Å². The van der Waals surface area contributed by atoms with E-state index in [1.165, 1.54) is 19.3 Å². The lowest BCUT2D eigenvalue weighted by Crippen LogP contribution is -2.37. The number of fused-ring (bicyclic) bond motifs is 1. The summed E-state index contributed by atoms with van der Waals surface area (Å²) >= 11 is 5.93. The van der Waals surface area contributed by atoms with E-state index in [1.807, 2.05) is 42.5 Å². The summed E-state index contributed by atoms with van der Waals surface area (Å²) in [5, 5.41) is 3.67. The van der Waals surface area contributed by atoms with E-state index in [0.717, 1.165) is 30.7 Å². The van der Waals surface area contributed by atoms with E-state index in [4.69, 9.17) is 20.8 Å². The predicted octanol–water partition coefficient (Wildman–Crippen LogP) is 6.16. The molecule has 7 heteroatoms. The molecule has 6 nitrogen and oxygen atoms in total. The van der Waals surface area contributed by atoms with Crippen molar-refractivity contribution in [3.8, 4) is 23.0 Å². The third kappa shape index (κ3) is 5.41. The van der Waals surface area contributed by atoms with E-state index in [2.05, 4.69) is 15.2 Å². The number of carbonyl (C=O) groups excluding carboxylic acids is 1. The van der Waals surface area contributed by atoms with E-state index in [1.54, 1.807) is 24.3 Å². The molecular formula is C27H26ClN3O3. The number of piperidine rings is 1. The van der Waals surface area contributed by atoms with Crippen molar-refractivity contribution >= 4 is 28.6 Å². The van der Waals surface area contributed by atoms with Gasteiger partial charge in [0.2, 0.25) is 5.89 Å². The van der Waals surface area contributed by atoms with Crippen molar-refractivity contribution in [1.82, 2.24) is 15.2 Å². The molecule has 1 aliphatic heterocycles. The molecule has 1 saturated heterocycles. The number of ether oxygens (including phenoxy) is 1. The molecule has 1 fully saturated rings.